The molecule has 4 heteroatoms. The number of hydrogen-bond acceptors (Lipinski definition) is 1. The molecule has 0 heterocycles. The van der Waals surface area contributed by atoms with Crippen molar-refractivity contribution >= 4 is 31.9 Å². The van der Waals surface area contributed by atoms with Gasteiger partial charge in [-0.25, -0.2) is 0 Å². The normalized spacial score (nSPS) is 10.5. The van der Waals surface area contributed by atoms with Crippen LogP contribution in [0.25, 0.3) is 0 Å². The van der Waals surface area contributed by atoms with Crippen LogP contribution >= 0.6 is 31.9 Å². The standard InChI is InChI=1S/C13H10Br2IO/c1-16-13-11(15)6-3-7-12(13)17-10-5-2-4-9(14)8-10/h2-8H,1H3/q-1. The van der Waals surface area contributed by atoms with Gasteiger partial charge >= 0.3 is 129 Å². The van der Waals surface area contributed by atoms with Crippen molar-refractivity contribution in [1.82, 2.24) is 0 Å². The molecule has 0 bridgehead atoms. The minimum atomic E-state index is -0.0239. The first-order chi connectivity index (χ1) is 8.20. The Hall–Kier alpha value is -0.0700. The second-order valence-corrected chi connectivity index (χ2v) is 7.23. The summed E-state index contributed by atoms with van der Waals surface area (Å²) in [6.07, 6.45) is 0. The van der Waals surface area contributed by atoms with Gasteiger partial charge in [0.1, 0.15) is 0 Å². The Kier molecular flexibility index (Phi) is 4.87. The third-order valence-electron chi connectivity index (χ3n) is 2.13. The van der Waals surface area contributed by atoms with E-state index in [-0.39, 0.29) is 21.2 Å². The van der Waals surface area contributed by atoms with Crippen LogP contribution in [0, 0.1) is 3.57 Å². The van der Waals surface area contributed by atoms with Crippen LogP contribution in [0.5, 0.6) is 11.5 Å². The van der Waals surface area contributed by atoms with Gasteiger partial charge in [-0.05, 0) is 0 Å². The van der Waals surface area contributed by atoms with Crippen LogP contribution < -0.4 is 25.9 Å². The zero-order valence-electron chi connectivity index (χ0n) is 9.08. The number of alkyl halides is 1. The van der Waals surface area contributed by atoms with Gasteiger partial charge in [-0.15, -0.1) is 0 Å². The Balaban J connectivity index is 2.33. The van der Waals surface area contributed by atoms with Gasteiger partial charge in [0.05, 0.1) is 0 Å². The van der Waals surface area contributed by atoms with Crippen LogP contribution in [0.2, 0.25) is 0 Å². The zero-order valence-corrected chi connectivity index (χ0v) is 14.4. The SMILES string of the molecule is C[I-]c1c(Br)cccc1Oc1cccc(Br)c1. The van der Waals surface area contributed by atoms with Crippen LogP contribution in [-0.4, -0.2) is 4.93 Å². The summed E-state index contributed by atoms with van der Waals surface area (Å²) < 4.78 is 9.39. The number of ether oxygens (including phenoxy) is 1. The van der Waals surface area contributed by atoms with Crippen molar-refractivity contribution in [2.45, 2.75) is 0 Å². The summed E-state index contributed by atoms with van der Waals surface area (Å²) in [6.45, 7) is 0. The summed E-state index contributed by atoms with van der Waals surface area (Å²) in [5, 5.41) is 0. The Labute approximate surface area is 128 Å². The Morgan fingerprint density at radius 2 is 1.82 bits per heavy atom. The molecule has 17 heavy (non-hydrogen) atoms. The third kappa shape index (κ3) is 3.45. The van der Waals surface area contributed by atoms with Crippen LogP contribution in [0.3, 0.4) is 0 Å². The first-order valence-corrected chi connectivity index (χ1v) is 9.74. The van der Waals surface area contributed by atoms with E-state index in [0.717, 1.165) is 20.4 Å². The van der Waals surface area contributed by atoms with E-state index in [1.54, 1.807) is 0 Å². The van der Waals surface area contributed by atoms with E-state index in [9.17, 15) is 0 Å². The fraction of sp³-hybridized carbons (Fsp3) is 0.0769. The van der Waals surface area contributed by atoms with E-state index < -0.39 is 0 Å². The van der Waals surface area contributed by atoms with E-state index >= 15 is 0 Å². The first-order valence-electron chi connectivity index (χ1n) is 4.92. The van der Waals surface area contributed by atoms with Gasteiger partial charge in [0.2, 0.25) is 0 Å². The maximum atomic E-state index is 5.93. The fourth-order valence-corrected chi connectivity index (χ4v) is 4.65. The number of benzene rings is 2. The third-order valence-corrected chi connectivity index (χ3v) is 6.22. The van der Waals surface area contributed by atoms with Gasteiger partial charge in [-0.2, -0.15) is 0 Å². The van der Waals surface area contributed by atoms with Gasteiger partial charge in [0, 0.05) is 0 Å². The van der Waals surface area contributed by atoms with E-state index in [2.05, 4.69) is 42.9 Å². The summed E-state index contributed by atoms with van der Waals surface area (Å²) in [6, 6.07) is 14.0. The van der Waals surface area contributed by atoms with Crippen molar-refractivity contribution in [2.24, 2.45) is 0 Å². The zero-order chi connectivity index (χ0) is 12.3. The van der Waals surface area contributed by atoms with E-state index in [1.165, 1.54) is 3.57 Å². The topological polar surface area (TPSA) is 9.23 Å². The van der Waals surface area contributed by atoms with E-state index in [4.69, 9.17) is 4.74 Å². The number of hydrogen-bond donors (Lipinski definition) is 0. The molecule has 0 atom stereocenters. The minimum absolute atomic E-state index is 0.0239. The summed E-state index contributed by atoms with van der Waals surface area (Å²) in [4.78, 5) is 2.23. The van der Waals surface area contributed by atoms with Crippen molar-refractivity contribution in [3.63, 3.8) is 0 Å². The molecule has 2 aromatic rings. The molecule has 0 N–H and O–H groups in total. The summed E-state index contributed by atoms with van der Waals surface area (Å²) in [5.74, 6) is 1.81. The monoisotopic (exact) mass is 467 g/mol. The van der Waals surface area contributed by atoms with Gasteiger partial charge in [0.15, 0.2) is 0 Å². The second kappa shape index (κ2) is 6.20. The fourth-order valence-electron chi connectivity index (χ4n) is 1.40. The Morgan fingerprint density at radius 1 is 1.06 bits per heavy atom. The molecule has 0 aliphatic rings. The van der Waals surface area contributed by atoms with Crippen molar-refractivity contribution in [3.8, 4) is 11.5 Å². The number of rotatable bonds is 3. The molecule has 0 saturated carbocycles. The molecule has 0 aromatic heterocycles. The van der Waals surface area contributed by atoms with Crippen molar-refractivity contribution in [1.29, 1.82) is 0 Å². The summed E-state index contributed by atoms with van der Waals surface area (Å²) in [5.41, 5.74) is 0. The number of halogens is 3. The molecule has 2 aromatic carbocycles. The van der Waals surface area contributed by atoms with E-state index in [1.807, 2.05) is 36.4 Å². The molecule has 0 aliphatic heterocycles. The van der Waals surface area contributed by atoms with Crippen LogP contribution in [-0.2, 0) is 0 Å². The van der Waals surface area contributed by atoms with Gasteiger partial charge in [0.25, 0.3) is 0 Å². The van der Waals surface area contributed by atoms with Crippen molar-refractivity contribution in [3.05, 3.63) is 55.0 Å². The summed E-state index contributed by atoms with van der Waals surface area (Å²) >= 11 is 6.99. The first kappa shape index (κ1) is 13.4. The molecule has 0 radical (unpaired) electrons. The summed E-state index contributed by atoms with van der Waals surface area (Å²) in [7, 11) is 0. The van der Waals surface area contributed by atoms with Gasteiger partial charge in [-0.3, -0.25) is 0 Å². The predicted molar refractivity (Wildman–Crippen MR) is 73.0 cm³/mol. The molecule has 2 rings (SSSR count). The van der Waals surface area contributed by atoms with Crippen molar-refractivity contribution < 1.29 is 25.9 Å². The molecule has 90 valence electrons. The second-order valence-electron chi connectivity index (χ2n) is 3.30. The average Bonchev–Trinajstić information content (AvgIpc) is 2.29. The van der Waals surface area contributed by atoms with Crippen LogP contribution in [0.15, 0.2) is 51.4 Å². The van der Waals surface area contributed by atoms with E-state index in [0.29, 0.717) is 0 Å². The molecule has 0 amide bonds. The maximum absolute atomic E-state index is 5.93. The molecule has 0 unspecified atom stereocenters. The molecule has 0 saturated heterocycles. The molecular formula is C13H10Br2IO-. The van der Waals surface area contributed by atoms with Gasteiger partial charge in [-0.1, -0.05) is 0 Å². The molecule has 0 aliphatic carbocycles. The molecule has 0 spiro atoms. The van der Waals surface area contributed by atoms with Gasteiger partial charge < -0.3 is 0 Å². The van der Waals surface area contributed by atoms with Crippen LogP contribution in [0.4, 0.5) is 0 Å². The Bertz CT molecular complexity index is 529. The van der Waals surface area contributed by atoms with Crippen molar-refractivity contribution in [2.75, 3.05) is 4.93 Å². The average molecular weight is 469 g/mol. The molecule has 0 fully saturated rings. The molecular weight excluding hydrogens is 459 g/mol. The Morgan fingerprint density at radius 3 is 2.53 bits per heavy atom. The quantitative estimate of drug-likeness (QED) is 0.494. The predicted octanol–water partition coefficient (Wildman–Crippen LogP) is 1.89. The molecule has 1 nitrogen and oxygen atoms in total. The van der Waals surface area contributed by atoms with Crippen LogP contribution in [0.1, 0.15) is 0 Å².